The van der Waals surface area contributed by atoms with E-state index in [1.807, 2.05) is 13.0 Å². The Hall–Kier alpha value is -0.940. The lowest BCUT2D eigenvalue weighted by Gasteiger charge is -1.92. The molecule has 1 nitrogen and oxygen atoms in total. The van der Waals surface area contributed by atoms with Gasteiger partial charge in [-0.3, -0.25) is 0 Å². The van der Waals surface area contributed by atoms with Gasteiger partial charge in [-0.15, -0.1) is 0 Å². The lowest BCUT2D eigenvalue weighted by molar-refractivity contribution is 0.397. The number of hydrogen-bond donors (Lipinski definition) is 0. The summed E-state index contributed by atoms with van der Waals surface area (Å²) in [5, 5.41) is 0. The molecule has 7 heavy (non-hydrogen) atoms. The van der Waals surface area contributed by atoms with Gasteiger partial charge < -0.3 is 4.74 Å². The molecule has 1 aliphatic heterocycles. The van der Waals surface area contributed by atoms with E-state index in [4.69, 9.17) is 4.74 Å². The summed E-state index contributed by atoms with van der Waals surface area (Å²) in [5.74, 6) is 0. The topological polar surface area (TPSA) is 9.23 Å². The summed E-state index contributed by atoms with van der Waals surface area (Å²) < 4.78 is 4.75. The van der Waals surface area contributed by atoms with Crippen molar-refractivity contribution in [1.82, 2.24) is 0 Å². The summed E-state index contributed by atoms with van der Waals surface area (Å²) in [6, 6.07) is 0. The van der Waals surface area contributed by atoms with Crippen LogP contribution in [0.2, 0.25) is 0 Å². The zero-order valence-electron chi connectivity index (χ0n) is 4.14. The molecule has 36 valence electrons. The first-order valence-corrected chi connectivity index (χ1v) is 2.13. The Bertz CT molecular complexity index is 148. The molecule has 1 heteroatoms. The Morgan fingerprint density at radius 3 is 2.86 bits per heavy atom. The fraction of sp³-hybridized carbons (Fsp3) is 0.167. The number of rotatable bonds is 0. The van der Waals surface area contributed by atoms with Crippen LogP contribution in [0.4, 0.5) is 0 Å². The van der Waals surface area contributed by atoms with Crippen LogP contribution in [-0.2, 0) is 4.74 Å². The van der Waals surface area contributed by atoms with Gasteiger partial charge in [0.25, 0.3) is 0 Å². The van der Waals surface area contributed by atoms with Gasteiger partial charge in [0.2, 0.25) is 0 Å². The minimum Gasteiger partial charge on any atom is -0.464 e. The van der Waals surface area contributed by atoms with E-state index >= 15 is 0 Å². The van der Waals surface area contributed by atoms with Crippen molar-refractivity contribution in [3.63, 3.8) is 0 Å². The van der Waals surface area contributed by atoms with Crippen LogP contribution in [-0.4, -0.2) is 0 Å². The van der Waals surface area contributed by atoms with Gasteiger partial charge in [0.05, 0.1) is 6.26 Å². The zero-order chi connectivity index (χ0) is 5.11. The van der Waals surface area contributed by atoms with Crippen LogP contribution in [0.3, 0.4) is 0 Å². The molecular formula is C6H6O. The Morgan fingerprint density at radius 2 is 2.57 bits per heavy atom. The van der Waals surface area contributed by atoms with Crippen LogP contribution in [0, 0.1) is 0 Å². The molecule has 0 unspecified atom stereocenters. The average molecular weight is 94.1 g/mol. The molecule has 1 heterocycles. The lowest BCUT2D eigenvalue weighted by Crippen LogP contribution is -1.73. The van der Waals surface area contributed by atoms with E-state index in [-0.39, 0.29) is 0 Å². The lowest BCUT2D eigenvalue weighted by atomic mass is 10.3. The molecular weight excluding hydrogens is 88.1 g/mol. The molecule has 0 aromatic carbocycles. The van der Waals surface area contributed by atoms with Crippen LogP contribution in [0.1, 0.15) is 6.92 Å². The first-order valence-electron chi connectivity index (χ1n) is 2.13. The predicted octanol–water partition coefficient (Wildman–Crippen LogP) is 1.59. The minimum atomic E-state index is 1.10. The van der Waals surface area contributed by atoms with Crippen LogP contribution in [0.5, 0.6) is 0 Å². The van der Waals surface area contributed by atoms with Crippen molar-refractivity contribution in [2.45, 2.75) is 6.92 Å². The second-order valence-electron chi connectivity index (χ2n) is 1.43. The van der Waals surface area contributed by atoms with Gasteiger partial charge in [0, 0.05) is 0 Å². The standard InChI is InChI=1S/C6H6O/c1-6-3-2-4-7-5-6/h3-5H,1H3. The molecule has 0 bridgehead atoms. The molecule has 0 aliphatic carbocycles. The van der Waals surface area contributed by atoms with Crippen LogP contribution < -0.4 is 0 Å². The predicted molar refractivity (Wildman–Crippen MR) is 27.5 cm³/mol. The van der Waals surface area contributed by atoms with Crippen molar-refractivity contribution in [3.05, 3.63) is 29.9 Å². The van der Waals surface area contributed by atoms with Gasteiger partial charge in [-0.2, -0.15) is 0 Å². The fourth-order valence-electron chi connectivity index (χ4n) is 0.380. The molecule has 0 saturated heterocycles. The van der Waals surface area contributed by atoms with Crippen LogP contribution in [0.15, 0.2) is 29.9 Å². The highest BCUT2D eigenvalue weighted by molar-refractivity contribution is 5.15. The van der Waals surface area contributed by atoms with Gasteiger partial charge in [0.1, 0.15) is 6.26 Å². The molecule has 1 aliphatic rings. The summed E-state index contributed by atoms with van der Waals surface area (Å²) in [5.41, 5.74) is 3.89. The highest BCUT2D eigenvalue weighted by atomic mass is 16.5. The highest BCUT2D eigenvalue weighted by Gasteiger charge is 1.81. The summed E-state index contributed by atoms with van der Waals surface area (Å²) in [6.45, 7) is 1.96. The molecule has 0 atom stereocenters. The van der Waals surface area contributed by atoms with E-state index in [0.29, 0.717) is 0 Å². The maximum Gasteiger partial charge on any atom is 0.132 e. The number of hydrogen-bond acceptors (Lipinski definition) is 1. The van der Waals surface area contributed by atoms with Crippen LogP contribution in [0.25, 0.3) is 0 Å². The average Bonchev–Trinajstić information content (AvgIpc) is 1.69. The second kappa shape index (κ2) is 1.67. The van der Waals surface area contributed by atoms with Gasteiger partial charge in [0.15, 0.2) is 0 Å². The second-order valence-corrected chi connectivity index (χ2v) is 1.43. The molecule has 0 N–H and O–H groups in total. The van der Waals surface area contributed by atoms with Gasteiger partial charge in [-0.1, -0.05) is 5.73 Å². The van der Waals surface area contributed by atoms with Crippen molar-refractivity contribution < 1.29 is 4.74 Å². The normalized spacial score (nSPS) is 15.9. The first-order chi connectivity index (χ1) is 3.39. The van der Waals surface area contributed by atoms with E-state index in [1.54, 1.807) is 6.26 Å². The summed E-state index contributed by atoms with van der Waals surface area (Å²) >= 11 is 0. The molecule has 1 rings (SSSR count). The van der Waals surface area contributed by atoms with Gasteiger partial charge in [-0.05, 0) is 18.6 Å². The van der Waals surface area contributed by atoms with E-state index in [9.17, 15) is 0 Å². The molecule has 0 radical (unpaired) electrons. The van der Waals surface area contributed by atoms with Crippen molar-refractivity contribution in [3.8, 4) is 0 Å². The van der Waals surface area contributed by atoms with Crippen molar-refractivity contribution >= 4 is 0 Å². The molecule has 0 amide bonds. The maximum absolute atomic E-state index is 4.75. The Balaban J connectivity index is 2.82. The number of allylic oxidation sites excluding steroid dienone is 2. The third-order valence-corrected chi connectivity index (χ3v) is 0.701. The Labute approximate surface area is 42.6 Å². The quantitative estimate of drug-likeness (QED) is 0.414. The van der Waals surface area contributed by atoms with Crippen LogP contribution >= 0.6 is 0 Å². The van der Waals surface area contributed by atoms with Gasteiger partial charge >= 0.3 is 0 Å². The van der Waals surface area contributed by atoms with E-state index in [0.717, 1.165) is 5.57 Å². The molecule has 0 spiro atoms. The van der Waals surface area contributed by atoms with Crippen molar-refractivity contribution in [2.75, 3.05) is 0 Å². The molecule has 0 aromatic rings. The third-order valence-electron chi connectivity index (χ3n) is 0.701. The highest BCUT2D eigenvalue weighted by Crippen LogP contribution is 1.97. The molecule has 0 fully saturated rings. The van der Waals surface area contributed by atoms with Gasteiger partial charge in [-0.25, -0.2) is 0 Å². The van der Waals surface area contributed by atoms with Crippen molar-refractivity contribution in [1.29, 1.82) is 0 Å². The Morgan fingerprint density at radius 1 is 1.71 bits per heavy atom. The third kappa shape index (κ3) is 0.951. The van der Waals surface area contributed by atoms with E-state index in [2.05, 4.69) is 5.73 Å². The largest absolute Gasteiger partial charge is 0.464 e. The maximum atomic E-state index is 4.75. The zero-order valence-corrected chi connectivity index (χ0v) is 4.14. The minimum absolute atomic E-state index is 1.10. The molecule has 0 aromatic heterocycles. The first kappa shape index (κ1) is 4.23. The van der Waals surface area contributed by atoms with Crippen molar-refractivity contribution in [2.24, 2.45) is 0 Å². The van der Waals surface area contributed by atoms with E-state index < -0.39 is 0 Å². The summed E-state index contributed by atoms with van der Waals surface area (Å²) in [6.07, 6.45) is 5.06. The Kier molecular flexibility index (Phi) is 1.01. The monoisotopic (exact) mass is 94.0 g/mol. The summed E-state index contributed by atoms with van der Waals surface area (Å²) in [4.78, 5) is 0. The SMILES string of the molecule is CC1=COC=C=C1. The number of ether oxygens (including phenoxy) is 1. The fourth-order valence-corrected chi connectivity index (χ4v) is 0.380. The summed E-state index contributed by atoms with van der Waals surface area (Å²) in [7, 11) is 0. The van der Waals surface area contributed by atoms with E-state index in [1.165, 1.54) is 6.26 Å². The smallest absolute Gasteiger partial charge is 0.132 e. The molecule has 0 saturated carbocycles.